The highest BCUT2D eigenvalue weighted by Crippen LogP contribution is 2.19. The van der Waals surface area contributed by atoms with E-state index >= 15 is 0 Å². The van der Waals surface area contributed by atoms with Crippen molar-refractivity contribution in [1.29, 1.82) is 0 Å². The van der Waals surface area contributed by atoms with Gasteiger partial charge >= 0.3 is 0 Å². The number of nitrogens with zero attached hydrogens (tertiary/aromatic N) is 2. The molecule has 3 nitrogen and oxygen atoms in total. The van der Waals surface area contributed by atoms with E-state index in [4.69, 9.17) is 11.6 Å². The van der Waals surface area contributed by atoms with E-state index in [0.29, 0.717) is 11.4 Å². The zero-order valence-corrected chi connectivity index (χ0v) is 9.30. The third-order valence-corrected chi connectivity index (χ3v) is 2.55. The van der Waals surface area contributed by atoms with E-state index in [1.807, 2.05) is 24.3 Å². The number of halogens is 1. The Hall–Kier alpha value is -1.45. The first-order chi connectivity index (χ1) is 7.75. The number of hydrogen-bond acceptors (Lipinski definition) is 3. The first kappa shape index (κ1) is 11.0. The Morgan fingerprint density at radius 3 is 2.81 bits per heavy atom. The summed E-state index contributed by atoms with van der Waals surface area (Å²) < 4.78 is 0. The molecule has 0 amide bonds. The van der Waals surface area contributed by atoms with Crippen molar-refractivity contribution in [2.24, 2.45) is 0 Å². The lowest BCUT2D eigenvalue weighted by Crippen LogP contribution is -2.02. The SMILES string of the molecule is OC(Cc1cccc(Cl)c1)c1ccnnc1. The van der Waals surface area contributed by atoms with E-state index < -0.39 is 6.10 Å². The van der Waals surface area contributed by atoms with Crippen LogP contribution in [-0.4, -0.2) is 15.3 Å². The zero-order valence-electron chi connectivity index (χ0n) is 8.55. The summed E-state index contributed by atoms with van der Waals surface area (Å²) in [5.74, 6) is 0. The third-order valence-electron chi connectivity index (χ3n) is 2.31. The number of aliphatic hydroxyl groups is 1. The first-order valence-corrected chi connectivity index (χ1v) is 5.32. The van der Waals surface area contributed by atoms with E-state index in [-0.39, 0.29) is 0 Å². The molecule has 2 aromatic rings. The highest BCUT2D eigenvalue weighted by Gasteiger charge is 2.08. The molecule has 2 rings (SSSR count). The van der Waals surface area contributed by atoms with Crippen LogP contribution in [0.4, 0.5) is 0 Å². The van der Waals surface area contributed by atoms with E-state index in [2.05, 4.69) is 10.2 Å². The van der Waals surface area contributed by atoms with Crippen LogP contribution in [0.2, 0.25) is 5.02 Å². The van der Waals surface area contributed by atoms with E-state index in [9.17, 15) is 5.11 Å². The van der Waals surface area contributed by atoms with Crippen molar-refractivity contribution in [2.45, 2.75) is 12.5 Å². The van der Waals surface area contributed by atoms with Gasteiger partial charge in [0.1, 0.15) is 0 Å². The number of hydrogen-bond donors (Lipinski definition) is 1. The average Bonchev–Trinajstić information content (AvgIpc) is 2.30. The summed E-state index contributed by atoms with van der Waals surface area (Å²) in [5.41, 5.74) is 1.76. The summed E-state index contributed by atoms with van der Waals surface area (Å²) >= 11 is 5.87. The fourth-order valence-corrected chi connectivity index (χ4v) is 1.72. The molecule has 0 fully saturated rings. The maximum Gasteiger partial charge on any atom is 0.0846 e. The number of aliphatic hydroxyl groups excluding tert-OH is 1. The Balaban J connectivity index is 2.11. The summed E-state index contributed by atoms with van der Waals surface area (Å²) in [4.78, 5) is 0. The molecule has 1 heterocycles. The molecule has 0 saturated carbocycles. The largest absolute Gasteiger partial charge is 0.388 e. The lowest BCUT2D eigenvalue weighted by atomic mass is 10.0. The Labute approximate surface area is 98.7 Å². The summed E-state index contributed by atoms with van der Waals surface area (Å²) in [7, 11) is 0. The van der Waals surface area contributed by atoms with Gasteiger partial charge in [0.2, 0.25) is 0 Å². The quantitative estimate of drug-likeness (QED) is 0.887. The molecule has 1 unspecified atom stereocenters. The van der Waals surface area contributed by atoms with Crippen LogP contribution in [0, 0.1) is 0 Å². The van der Waals surface area contributed by atoms with E-state index in [1.165, 1.54) is 0 Å². The summed E-state index contributed by atoms with van der Waals surface area (Å²) in [6.07, 6.45) is 3.08. The smallest absolute Gasteiger partial charge is 0.0846 e. The van der Waals surface area contributed by atoms with Gasteiger partial charge in [0.25, 0.3) is 0 Å². The van der Waals surface area contributed by atoms with Crippen molar-refractivity contribution in [3.05, 3.63) is 58.9 Å². The van der Waals surface area contributed by atoms with Gasteiger partial charge in [-0.3, -0.25) is 0 Å². The molecule has 0 aliphatic carbocycles. The van der Waals surface area contributed by atoms with Gasteiger partial charge in [-0.1, -0.05) is 23.7 Å². The minimum absolute atomic E-state index is 0.520. The fraction of sp³-hybridized carbons (Fsp3) is 0.167. The summed E-state index contributed by atoms with van der Waals surface area (Å²) in [6, 6.07) is 9.21. The van der Waals surface area contributed by atoms with Gasteiger partial charge in [0, 0.05) is 23.2 Å². The van der Waals surface area contributed by atoms with Crippen molar-refractivity contribution in [1.82, 2.24) is 10.2 Å². The average molecular weight is 235 g/mol. The lowest BCUT2D eigenvalue weighted by Gasteiger charge is -2.10. The molecule has 1 N–H and O–H groups in total. The normalized spacial score (nSPS) is 12.4. The minimum Gasteiger partial charge on any atom is -0.388 e. The fourth-order valence-electron chi connectivity index (χ4n) is 1.50. The molecule has 1 aromatic heterocycles. The Morgan fingerprint density at radius 1 is 1.25 bits per heavy atom. The van der Waals surface area contributed by atoms with Gasteiger partial charge in [-0.15, -0.1) is 0 Å². The Morgan fingerprint density at radius 2 is 2.12 bits per heavy atom. The Kier molecular flexibility index (Phi) is 3.49. The van der Waals surface area contributed by atoms with Crippen LogP contribution in [0.3, 0.4) is 0 Å². The van der Waals surface area contributed by atoms with Crippen molar-refractivity contribution >= 4 is 11.6 Å². The second-order valence-corrected chi connectivity index (χ2v) is 3.96. The van der Waals surface area contributed by atoms with E-state index in [1.54, 1.807) is 18.5 Å². The molecule has 0 bridgehead atoms. The molecular formula is C12H11ClN2O. The van der Waals surface area contributed by atoms with Crippen molar-refractivity contribution in [2.75, 3.05) is 0 Å². The molecule has 4 heteroatoms. The second kappa shape index (κ2) is 5.05. The maximum absolute atomic E-state index is 9.95. The number of aromatic nitrogens is 2. The van der Waals surface area contributed by atoms with Crippen molar-refractivity contribution in [3.63, 3.8) is 0 Å². The molecule has 0 radical (unpaired) electrons. The molecule has 1 atom stereocenters. The standard InChI is InChI=1S/C12H11ClN2O/c13-11-3-1-2-9(6-11)7-12(16)10-4-5-14-15-8-10/h1-6,8,12,16H,7H2. The predicted octanol–water partition coefficient (Wildman–Crippen LogP) is 2.41. The molecule has 16 heavy (non-hydrogen) atoms. The van der Waals surface area contributed by atoms with Crippen LogP contribution in [0.5, 0.6) is 0 Å². The van der Waals surface area contributed by atoms with Crippen LogP contribution in [0.1, 0.15) is 17.2 Å². The molecule has 82 valence electrons. The predicted molar refractivity (Wildman–Crippen MR) is 62.1 cm³/mol. The molecule has 0 spiro atoms. The highest BCUT2D eigenvalue weighted by molar-refractivity contribution is 6.30. The monoisotopic (exact) mass is 234 g/mol. The minimum atomic E-state index is -0.575. The van der Waals surface area contributed by atoms with Crippen LogP contribution in [-0.2, 0) is 6.42 Å². The molecule has 0 saturated heterocycles. The number of benzene rings is 1. The van der Waals surface area contributed by atoms with Gasteiger partial charge in [0.05, 0.1) is 12.3 Å². The summed E-state index contributed by atoms with van der Waals surface area (Å²) in [5, 5.41) is 18.0. The second-order valence-electron chi connectivity index (χ2n) is 3.53. The third kappa shape index (κ3) is 2.78. The van der Waals surface area contributed by atoms with Crippen molar-refractivity contribution < 1.29 is 5.11 Å². The van der Waals surface area contributed by atoms with Crippen molar-refractivity contribution in [3.8, 4) is 0 Å². The van der Waals surface area contributed by atoms with Gasteiger partial charge in [0.15, 0.2) is 0 Å². The van der Waals surface area contributed by atoms with Gasteiger partial charge in [-0.2, -0.15) is 10.2 Å². The maximum atomic E-state index is 9.95. The van der Waals surface area contributed by atoms with E-state index in [0.717, 1.165) is 11.1 Å². The topological polar surface area (TPSA) is 46.0 Å². The summed E-state index contributed by atoms with van der Waals surface area (Å²) in [6.45, 7) is 0. The first-order valence-electron chi connectivity index (χ1n) is 4.95. The zero-order chi connectivity index (χ0) is 11.4. The molecular weight excluding hydrogens is 224 g/mol. The van der Waals surface area contributed by atoms with Crippen LogP contribution in [0.15, 0.2) is 42.7 Å². The van der Waals surface area contributed by atoms with Gasteiger partial charge < -0.3 is 5.11 Å². The van der Waals surface area contributed by atoms with Crippen LogP contribution >= 0.6 is 11.6 Å². The lowest BCUT2D eigenvalue weighted by molar-refractivity contribution is 0.178. The highest BCUT2D eigenvalue weighted by atomic mass is 35.5. The van der Waals surface area contributed by atoms with Crippen LogP contribution in [0.25, 0.3) is 0 Å². The van der Waals surface area contributed by atoms with Crippen LogP contribution < -0.4 is 0 Å². The van der Waals surface area contributed by atoms with Gasteiger partial charge in [-0.05, 0) is 23.8 Å². The molecule has 0 aliphatic heterocycles. The molecule has 0 aliphatic rings. The molecule has 1 aromatic carbocycles. The number of rotatable bonds is 3. The van der Waals surface area contributed by atoms with Gasteiger partial charge in [-0.25, -0.2) is 0 Å². The Bertz CT molecular complexity index is 462.